The molecule has 36 heavy (non-hydrogen) atoms. The zero-order chi connectivity index (χ0) is 26.4. The Labute approximate surface area is 205 Å². The van der Waals surface area contributed by atoms with E-state index in [9.17, 15) is 34.4 Å². The van der Waals surface area contributed by atoms with Gasteiger partial charge in [0.1, 0.15) is 5.75 Å². The first-order valence-corrected chi connectivity index (χ1v) is 10.9. The zero-order valence-corrected chi connectivity index (χ0v) is 19.5. The molecule has 2 atom stereocenters. The number of rotatable bonds is 8. The van der Waals surface area contributed by atoms with Crippen molar-refractivity contribution in [3.05, 3.63) is 64.2 Å². The first-order valence-electron chi connectivity index (χ1n) is 10.9. The first-order chi connectivity index (χ1) is 17.1. The molecule has 0 saturated carbocycles. The van der Waals surface area contributed by atoms with Gasteiger partial charge in [-0.1, -0.05) is 12.1 Å². The molecule has 3 rings (SSSR count). The third kappa shape index (κ3) is 6.05. The van der Waals surface area contributed by atoms with Crippen LogP contribution in [0.1, 0.15) is 24.9 Å². The van der Waals surface area contributed by atoms with Crippen molar-refractivity contribution in [2.45, 2.75) is 25.6 Å². The molecule has 0 radical (unpaired) electrons. The smallest absolute Gasteiger partial charge is 0.323 e. The number of nitrogens with one attached hydrogen (secondary N) is 2. The molecule has 1 fully saturated rings. The number of anilines is 1. The summed E-state index contributed by atoms with van der Waals surface area (Å²) in [5.74, 6) is -1.93. The number of ether oxygens (including phenoxy) is 1. The number of carbonyl (C=O) groups excluding carboxylic acids is 3. The number of carboxylic acids is 1. The molecule has 4 amide bonds. The van der Waals surface area contributed by atoms with Gasteiger partial charge in [-0.2, -0.15) is 0 Å². The molecule has 1 aliphatic rings. The lowest BCUT2D eigenvalue weighted by Crippen LogP contribution is -2.54. The quantitative estimate of drug-likeness (QED) is 0.365. The van der Waals surface area contributed by atoms with Gasteiger partial charge >= 0.3 is 12.0 Å². The largest absolute Gasteiger partial charge is 0.497 e. The molecule has 13 heteroatoms. The Hall–Kier alpha value is -4.68. The van der Waals surface area contributed by atoms with Crippen LogP contribution in [0, 0.1) is 10.1 Å². The van der Waals surface area contributed by atoms with Crippen molar-refractivity contribution in [3.63, 3.8) is 0 Å². The summed E-state index contributed by atoms with van der Waals surface area (Å²) in [6, 6.07) is 9.94. The van der Waals surface area contributed by atoms with Gasteiger partial charge in [0, 0.05) is 37.8 Å². The Kier molecular flexibility index (Phi) is 8.04. The SMILES string of the molecule is COc1ccc(NC(=O)N2CCN(C(C)=O)C2C(=O)NC(CC(=O)O)c2cccc([N+](=O)[O-])c2)cc1. The molecule has 0 aromatic heterocycles. The number of benzene rings is 2. The minimum absolute atomic E-state index is 0.0556. The van der Waals surface area contributed by atoms with E-state index in [4.69, 9.17) is 4.74 Å². The third-order valence-corrected chi connectivity index (χ3v) is 5.59. The number of carboxylic acid groups (broad SMARTS) is 1. The fourth-order valence-electron chi connectivity index (χ4n) is 3.85. The molecule has 2 aromatic carbocycles. The predicted octanol–water partition coefficient (Wildman–Crippen LogP) is 1.96. The summed E-state index contributed by atoms with van der Waals surface area (Å²) in [6.45, 7) is 1.39. The second kappa shape index (κ2) is 11.2. The Bertz CT molecular complexity index is 1170. The average Bonchev–Trinajstić information content (AvgIpc) is 3.30. The fourth-order valence-corrected chi connectivity index (χ4v) is 3.85. The van der Waals surface area contributed by atoms with E-state index in [0.717, 1.165) is 4.90 Å². The summed E-state index contributed by atoms with van der Waals surface area (Å²) < 4.78 is 5.08. The molecule has 0 spiro atoms. The molecule has 13 nitrogen and oxygen atoms in total. The number of nitro benzene ring substituents is 1. The summed E-state index contributed by atoms with van der Waals surface area (Å²) >= 11 is 0. The Morgan fingerprint density at radius 3 is 2.39 bits per heavy atom. The molecular weight excluding hydrogens is 474 g/mol. The molecular formula is C23H25N5O8. The van der Waals surface area contributed by atoms with Crippen molar-refractivity contribution in [3.8, 4) is 5.75 Å². The van der Waals surface area contributed by atoms with Crippen molar-refractivity contribution in [2.75, 3.05) is 25.5 Å². The van der Waals surface area contributed by atoms with Crippen LogP contribution >= 0.6 is 0 Å². The summed E-state index contributed by atoms with van der Waals surface area (Å²) in [4.78, 5) is 62.9. The summed E-state index contributed by atoms with van der Waals surface area (Å²) in [5, 5.41) is 25.7. The van der Waals surface area contributed by atoms with Gasteiger partial charge in [-0.25, -0.2) is 4.79 Å². The number of aliphatic carboxylic acids is 1. The van der Waals surface area contributed by atoms with Crippen LogP contribution in [-0.4, -0.2) is 70.0 Å². The topological polar surface area (TPSA) is 171 Å². The monoisotopic (exact) mass is 499 g/mol. The van der Waals surface area contributed by atoms with E-state index in [1.807, 2.05) is 0 Å². The van der Waals surface area contributed by atoms with Gasteiger partial charge in [0.15, 0.2) is 6.17 Å². The average molecular weight is 499 g/mol. The number of carbonyl (C=O) groups is 4. The van der Waals surface area contributed by atoms with Gasteiger partial charge in [0.05, 0.1) is 24.5 Å². The van der Waals surface area contributed by atoms with Crippen LogP contribution in [0.15, 0.2) is 48.5 Å². The van der Waals surface area contributed by atoms with E-state index in [-0.39, 0.29) is 24.3 Å². The first kappa shape index (κ1) is 25.9. The second-order valence-corrected chi connectivity index (χ2v) is 7.95. The standard InChI is InChI=1S/C23H25N5O8/c1-14(29)26-10-11-27(23(33)24-16-6-8-18(36-2)9-7-16)22(26)21(32)25-19(13-20(30)31)15-4-3-5-17(12-15)28(34)35/h3-9,12,19,22H,10-11,13H2,1-2H3,(H,24,33)(H,25,32)(H,30,31). The van der Waals surface area contributed by atoms with Crippen LogP contribution in [0.25, 0.3) is 0 Å². The highest BCUT2D eigenvalue weighted by atomic mass is 16.6. The summed E-state index contributed by atoms with van der Waals surface area (Å²) in [7, 11) is 1.50. The van der Waals surface area contributed by atoms with E-state index in [2.05, 4.69) is 10.6 Å². The molecule has 2 unspecified atom stereocenters. The van der Waals surface area contributed by atoms with Gasteiger partial charge in [-0.15, -0.1) is 0 Å². The molecule has 3 N–H and O–H groups in total. The highest BCUT2D eigenvalue weighted by Crippen LogP contribution is 2.24. The number of urea groups is 1. The molecule has 1 aliphatic heterocycles. The molecule has 1 heterocycles. The summed E-state index contributed by atoms with van der Waals surface area (Å²) in [5.41, 5.74) is 0.354. The van der Waals surface area contributed by atoms with Gasteiger partial charge in [-0.05, 0) is 29.8 Å². The maximum atomic E-state index is 13.3. The van der Waals surface area contributed by atoms with E-state index in [0.29, 0.717) is 11.4 Å². The maximum Gasteiger partial charge on any atom is 0.323 e. The second-order valence-electron chi connectivity index (χ2n) is 7.95. The number of hydrogen-bond donors (Lipinski definition) is 3. The van der Waals surface area contributed by atoms with Crippen LogP contribution in [0.5, 0.6) is 5.75 Å². The number of nitro groups is 1. The van der Waals surface area contributed by atoms with Crippen LogP contribution < -0.4 is 15.4 Å². The van der Waals surface area contributed by atoms with Crippen molar-refractivity contribution >= 4 is 35.2 Å². The van der Waals surface area contributed by atoms with Gasteiger partial charge in [-0.3, -0.25) is 29.4 Å². The molecule has 2 aromatic rings. The maximum absolute atomic E-state index is 13.3. The lowest BCUT2D eigenvalue weighted by atomic mass is 10.0. The van der Waals surface area contributed by atoms with Crippen LogP contribution in [0.4, 0.5) is 16.2 Å². The normalized spacial score (nSPS) is 15.7. The van der Waals surface area contributed by atoms with Crippen LogP contribution in [-0.2, 0) is 14.4 Å². The van der Waals surface area contributed by atoms with E-state index in [1.54, 1.807) is 24.3 Å². The van der Waals surface area contributed by atoms with Gasteiger partial charge in [0.2, 0.25) is 5.91 Å². The molecule has 190 valence electrons. The number of hydrogen-bond acceptors (Lipinski definition) is 7. The van der Waals surface area contributed by atoms with Crippen LogP contribution in [0.3, 0.4) is 0 Å². The predicted molar refractivity (Wildman–Crippen MR) is 126 cm³/mol. The highest BCUT2D eigenvalue weighted by Gasteiger charge is 2.42. The minimum atomic E-state index is -1.35. The lowest BCUT2D eigenvalue weighted by molar-refractivity contribution is -0.384. The molecule has 1 saturated heterocycles. The third-order valence-electron chi connectivity index (χ3n) is 5.59. The number of amides is 4. The highest BCUT2D eigenvalue weighted by molar-refractivity contribution is 5.96. The van der Waals surface area contributed by atoms with Crippen LogP contribution in [0.2, 0.25) is 0 Å². The number of non-ortho nitro benzene ring substituents is 1. The summed E-state index contributed by atoms with van der Waals surface area (Å²) in [6.07, 6.45) is -1.92. The lowest BCUT2D eigenvalue weighted by Gasteiger charge is -2.30. The Morgan fingerprint density at radius 1 is 1.14 bits per heavy atom. The Morgan fingerprint density at radius 2 is 1.81 bits per heavy atom. The fraction of sp³-hybridized carbons (Fsp3) is 0.304. The van der Waals surface area contributed by atoms with E-state index in [1.165, 1.54) is 43.2 Å². The van der Waals surface area contributed by atoms with Gasteiger partial charge < -0.3 is 25.4 Å². The number of methoxy groups -OCH3 is 1. The van der Waals surface area contributed by atoms with Crippen molar-refractivity contribution in [1.29, 1.82) is 0 Å². The van der Waals surface area contributed by atoms with Gasteiger partial charge in [0.25, 0.3) is 11.6 Å². The number of nitrogens with zero attached hydrogens (tertiary/aromatic N) is 3. The molecule has 0 aliphatic carbocycles. The van der Waals surface area contributed by atoms with Crippen molar-refractivity contribution < 1.29 is 33.9 Å². The molecule has 0 bridgehead atoms. The van der Waals surface area contributed by atoms with Crippen molar-refractivity contribution in [2.24, 2.45) is 0 Å². The zero-order valence-electron chi connectivity index (χ0n) is 19.5. The minimum Gasteiger partial charge on any atom is -0.497 e. The van der Waals surface area contributed by atoms with E-state index >= 15 is 0 Å². The Balaban J connectivity index is 1.84. The van der Waals surface area contributed by atoms with E-state index < -0.39 is 47.4 Å². The van der Waals surface area contributed by atoms with Crippen molar-refractivity contribution in [1.82, 2.24) is 15.1 Å².